The topological polar surface area (TPSA) is 62.2 Å². The number of ether oxygens (including phenoxy) is 2. The lowest BCUT2D eigenvalue weighted by Crippen LogP contribution is -2.75. The molecular formula is C31H47NO4. The van der Waals surface area contributed by atoms with Gasteiger partial charge in [-0.05, 0) is 94.7 Å². The van der Waals surface area contributed by atoms with Crippen LogP contribution in [-0.2, 0) is 16.6 Å². The first-order chi connectivity index (χ1) is 16.9. The lowest BCUT2D eigenvalue weighted by molar-refractivity contribution is -0.194. The molecule has 6 rings (SSSR count). The number of hydrogen-bond donors (Lipinski definition) is 2. The van der Waals surface area contributed by atoms with Crippen LogP contribution in [0.15, 0.2) is 12.1 Å². The fourth-order valence-electron chi connectivity index (χ4n) is 9.30. The number of aromatic hydroxyl groups is 1. The standard InChI is InChI=1S/C31H47NO4/c1-27(2,3)29(5,34)22(19-35-6)17-30-13-7-12-28(4)31(30)14-15-32(18-20-8-9-20)24(30)16-21-10-11-23(33)26(36-28)25(21)31/h10-11,20,22,24,33-34H,7-9,12-19H2,1-6H3/t22-,24+,28+,29-,30+,31-/m0/s1. The molecule has 5 nitrogen and oxygen atoms in total. The molecule has 0 amide bonds. The molecule has 2 bridgehead atoms. The maximum absolute atomic E-state index is 12.1. The van der Waals surface area contributed by atoms with E-state index < -0.39 is 5.60 Å². The molecule has 1 spiro atoms. The van der Waals surface area contributed by atoms with Gasteiger partial charge in [-0.15, -0.1) is 0 Å². The van der Waals surface area contributed by atoms with Crippen LogP contribution < -0.4 is 4.74 Å². The zero-order chi connectivity index (χ0) is 25.7. The molecule has 3 fully saturated rings. The Morgan fingerprint density at radius 1 is 1.17 bits per heavy atom. The van der Waals surface area contributed by atoms with Crippen molar-refractivity contribution in [3.63, 3.8) is 0 Å². The van der Waals surface area contributed by atoms with Crippen molar-refractivity contribution in [1.29, 1.82) is 0 Å². The van der Waals surface area contributed by atoms with Crippen molar-refractivity contribution in [3.05, 3.63) is 23.3 Å². The third kappa shape index (κ3) is 3.12. The van der Waals surface area contributed by atoms with Crippen LogP contribution >= 0.6 is 0 Å². The summed E-state index contributed by atoms with van der Waals surface area (Å²) >= 11 is 0. The van der Waals surface area contributed by atoms with Gasteiger partial charge in [0.05, 0.1) is 12.2 Å². The van der Waals surface area contributed by atoms with Crippen LogP contribution in [0.1, 0.15) is 90.7 Å². The van der Waals surface area contributed by atoms with E-state index in [9.17, 15) is 10.2 Å². The van der Waals surface area contributed by atoms with Gasteiger partial charge in [0.2, 0.25) is 0 Å². The van der Waals surface area contributed by atoms with E-state index in [1.807, 2.05) is 13.0 Å². The number of likely N-dealkylation sites (tertiary alicyclic amines) is 1. The second kappa shape index (κ2) is 7.86. The highest BCUT2D eigenvalue weighted by molar-refractivity contribution is 5.63. The normalized spacial score (nSPS) is 37.7. The zero-order valence-electron chi connectivity index (χ0n) is 23.3. The van der Waals surface area contributed by atoms with E-state index in [4.69, 9.17) is 9.47 Å². The first-order valence-corrected chi connectivity index (χ1v) is 14.4. The van der Waals surface area contributed by atoms with E-state index in [1.165, 1.54) is 30.5 Å². The molecule has 1 saturated heterocycles. The highest BCUT2D eigenvalue weighted by atomic mass is 16.5. The summed E-state index contributed by atoms with van der Waals surface area (Å²) in [5.41, 5.74) is 1.02. The van der Waals surface area contributed by atoms with E-state index in [-0.39, 0.29) is 27.8 Å². The predicted octanol–water partition coefficient (Wildman–Crippen LogP) is 5.44. The molecule has 5 heteroatoms. The first-order valence-electron chi connectivity index (χ1n) is 14.4. The van der Waals surface area contributed by atoms with Crippen LogP contribution in [0.5, 0.6) is 11.5 Å². The Labute approximate surface area is 217 Å². The molecule has 1 aromatic rings. The molecule has 0 aromatic heterocycles. The van der Waals surface area contributed by atoms with Crippen molar-refractivity contribution in [2.75, 3.05) is 26.8 Å². The first kappa shape index (κ1) is 25.0. The molecule has 2 heterocycles. The number of methoxy groups -OCH3 is 1. The maximum Gasteiger partial charge on any atom is 0.165 e. The summed E-state index contributed by atoms with van der Waals surface area (Å²) < 4.78 is 12.7. The van der Waals surface area contributed by atoms with Crippen molar-refractivity contribution < 1.29 is 19.7 Å². The fourth-order valence-corrected chi connectivity index (χ4v) is 9.30. The van der Waals surface area contributed by atoms with Crippen LogP contribution in [0.4, 0.5) is 0 Å². The summed E-state index contributed by atoms with van der Waals surface area (Å²) in [4.78, 5) is 2.83. The SMILES string of the molecule is COC[C@H](C[C@@]12CCC[C@@]3(C)Oc4c(O)ccc5c4[C@]13CCN(CC1CC1)[C@@H]2C5)[C@](C)(O)C(C)(C)C. The molecule has 0 radical (unpaired) electrons. The van der Waals surface area contributed by atoms with Gasteiger partial charge in [0, 0.05) is 42.0 Å². The number of phenols is 1. The number of benzene rings is 1. The van der Waals surface area contributed by atoms with Gasteiger partial charge in [0.1, 0.15) is 5.60 Å². The molecule has 5 aliphatic rings. The number of phenolic OH excluding ortho intramolecular Hbond substituents is 1. The molecule has 6 atom stereocenters. The van der Waals surface area contributed by atoms with Crippen LogP contribution in [-0.4, -0.2) is 59.2 Å². The van der Waals surface area contributed by atoms with E-state index in [2.05, 4.69) is 38.7 Å². The van der Waals surface area contributed by atoms with E-state index in [1.54, 1.807) is 7.11 Å². The van der Waals surface area contributed by atoms with Gasteiger partial charge in [-0.2, -0.15) is 0 Å². The van der Waals surface area contributed by atoms with Gasteiger partial charge in [-0.3, -0.25) is 4.90 Å². The third-order valence-electron chi connectivity index (χ3n) is 11.8. The largest absolute Gasteiger partial charge is 0.504 e. The number of piperidine rings is 1. The lowest BCUT2D eigenvalue weighted by Gasteiger charge is -2.69. The molecule has 36 heavy (non-hydrogen) atoms. The van der Waals surface area contributed by atoms with Crippen molar-refractivity contribution in [3.8, 4) is 11.5 Å². The molecule has 2 saturated carbocycles. The van der Waals surface area contributed by atoms with Crippen molar-refractivity contribution in [2.24, 2.45) is 22.7 Å². The summed E-state index contributed by atoms with van der Waals surface area (Å²) in [6.45, 7) is 13.7. The molecule has 2 N–H and O–H groups in total. The predicted molar refractivity (Wildman–Crippen MR) is 142 cm³/mol. The van der Waals surface area contributed by atoms with Gasteiger partial charge in [-0.25, -0.2) is 0 Å². The number of nitrogens with zero attached hydrogens (tertiary/aromatic N) is 1. The minimum atomic E-state index is -0.876. The van der Waals surface area contributed by atoms with E-state index in [0.717, 1.165) is 56.7 Å². The summed E-state index contributed by atoms with van der Waals surface area (Å²) in [7, 11) is 1.78. The van der Waals surface area contributed by atoms with Crippen LogP contribution in [0.2, 0.25) is 0 Å². The summed E-state index contributed by atoms with van der Waals surface area (Å²) in [5, 5.41) is 23.1. The third-order valence-corrected chi connectivity index (χ3v) is 11.8. The number of hydrogen-bond acceptors (Lipinski definition) is 5. The van der Waals surface area contributed by atoms with E-state index >= 15 is 0 Å². The minimum Gasteiger partial charge on any atom is -0.504 e. The Bertz CT molecular complexity index is 1040. The summed E-state index contributed by atoms with van der Waals surface area (Å²) in [5.74, 6) is 1.89. The minimum absolute atomic E-state index is 0.00742. The summed E-state index contributed by atoms with van der Waals surface area (Å²) in [6.07, 6.45) is 9.00. The Morgan fingerprint density at radius 3 is 2.58 bits per heavy atom. The highest BCUT2D eigenvalue weighted by Crippen LogP contribution is 2.74. The molecule has 3 aliphatic carbocycles. The Morgan fingerprint density at radius 2 is 1.92 bits per heavy atom. The second-order valence-electron chi connectivity index (χ2n) is 14.4. The monoisotopic (exact) mass is 497 g/mol. The zero-order valence-corrected chi connectivity index (χ0v) is 23.3. The van der Waals surface area contributed by atoms with Gasteiger partial charge in [0.25, 0.3) is 0 Å². The average Bonchev–Trinajstić information content (AvgIpc) is 3.56. The van der Waals surface area contributed by atoms with Crippen molar-refractivity contribution >= 4 is 0 Å². The second-order valence-corrected chi connectivity index (χ2v) is 14.4. The number of rotatable bonds is 7. The van der Waals surface area contributed by atoms with Crippen molar-refractivity contribution in [1.82, 2.24) is 4.90 Å². The molecule has 200 valence electrons. The van der Waals surface area contributed by atoms with E-state index in [0.29, 0.717) is 18.4 Å². The van der Waals surface area contributed by atoms with Gasteiger partial charge >= 0.3 is 0 Å². The smallest absolute Gasteiger partial charge is 0.165 e. The van der Waals surface area contributed by atoms with Crippen LogP contribution in [0.3, 0.4) is 0 Å². The Kier molecular flexibility index (Phi) is 5.46. The lowest BCUT2D eigenvalue weighted by atomic mass is 9.38. The Balaban J connectivity index is 1.55. The van der Waals surface area contributed by atoms with Crippen LogP contribution in [0.25, 0.3) is 0 Å². The maximum atomic E-state index is 12.1. The van der Waals surface area contributed by atoms with Gasteiger partial charge in [0.15, 0.2) is 11.5 Å². The molecule has 0 unspecified atom stereocenters. The Hall–Kier alpha value is -1.30. The van der Waals surface area contributed by atoms with Gasteiger partial charge in [-0.1, -0.05) is 26.8 Å². The molecular weight excluding hydrogens is 450 g/mol. The highest BCUT2D eigenvalue weighted by Gasteiger charge is 2.75. The number of aliphatic hydroxyl groups is 1. The molecule has 1 aromatic carbocycles. The van der Waals surface area contributed by atoms with Gasteiger partial charge < -0.3 is 19.7 Å². The average molecular weight is 498 g/mol. The van der Waals surface area contributed by atoms with Crippen molar-refractivity contribution in [2.45, 2.75) is 109 Å². The van der Waals surface area contributed by atoms with Crippen LogP contribution in [0, 0.1) is 22.7 Å². The quantitative estimate of drug-likeness (QED) is 0.525. The fraction of sp³-hybridized carbons (Fsp3) is 0.806. The summed E-state index contributed by atoms with van der Waals surface area (Å²) in [6, 6.07) is 4.46. The molecule has 2 aliphatic heterocycles.